The van der Waals surface area contributed by atoms with E-state index in [9.17, 15) is 0 Å². The van der Waals surface area contributed by atoms with Crippen molar-refractivity contribution in [1.82, 2.24) is 9.78 Å². The van der Waals surface area contributed by atoms with Gasteiger partial charge in [-0.1, -0.05) is 24.3 Å². The molecule has 0 amide bonds. The van der Waals surface area contributed by atoms with E-state index in [1.165, 1.54) is 27.2 Å². The highest BCUT2D eigenvalue weighted by atomic mass is 15.2. The van der Waals surface area contributed by atoms with Gasteiger partial charge in [0, 0.05) is 17.8 Å². The van der Waals surface area contributed by atoms with Gasteiger partial charge in [-0.3, -0.25) is 4.68 Å². The Morgan fingerprint density at radius 2 is 1.87 bits per heavy atom. The maximum absolute atomic E-state index is 4.30. The van der Waals surface area contributed by atoms with E-state index >= 15 is 0 Å². The number of nitrogens with zero attached hydrogens (tertiary/aromatic N) is 2. The van der Waals surface area contributed by atoms with Crippen LogP contribution in [0.1, 0.15) is 5.56 Å². The summed E-state index contributed by atoms with van der Waals surface area (Å²) in [5, 5.41) is 8.12. The molecule has 0 saturated carbocycles. The van der Waals surface area contributed by atoms with Crippen LogP contribution in [-0.4, -0.2) is 9.78 Å². The Morgan fingerprint density at radius 3 is 2.67 bits per heavy atom. The van der Waals surface area contributed by atoms with Gasteiger partial charge in [0.1, 0.15) is 0 Å². The molecule has 15 heavy (non-hydrogen) atoms. The third-order valence-electron chi connectivity index (χ3n) is 2.95. The van der Waals surface area contributed by atoms with Crippen molar-refractivity contribution in [2.24, 2.45) is 7.05 Å². The van der Waals surface area contributed by atoms with Gasteiger partial charge in [0.05, 0.1) is 11.7 Å². The van der Waals surface area contributed by atoms with Crippen LogP contribution < -0.4 is 0 Å². The summed E-state index contributed by atoms with van der Waals surface area (Å²) in [6, 6.07) is 10.7. The molecule has 2 aromatic carbocycles. The van der Waals surface area contributed by atoms with Gasteiger partial charge in [-0.05, 0) is 23.9 Å². The second-order valence-electron chi connectivity index (χ2n) is 3.95. The highest BCUT2D eigenvalue weighted by Crippen LogP contribution is 2.27. The molecular formula is C13H12N2. The Bertz CT molecular complexity index is 650. The molecule has 0 N–H and O–H groups in total. The van der Waals surface area contributed by atoms with Crippen molar-refractivity contribution in [3.8, 4) is 0 Å². The molecule has 3 aromatic rings. The molecule has 0 atom stereocenters. The van der Waals surface area contributed by atoms with E-state index in [-0.39, 0.29) is 0 Å². The van der Waals surface area contributed by atoms with E-state index in [1.807, 2.05) is 17.9 Å². The molecule has 0 fully saturated rings. The Balaban J connectivity index is 2.67. The molecule has 2 heteroatoms. The number of fused-ring (bicyclic) bond motifs is 3. The van der Waals surface area contributed by atoms with Gasteiger partial charge >= 0.3 is 0 Å². The number of benzene rings is 2. The fraction of sp³-hybridized carbons (Fsp3) is 0.154. The Kier molecular flexibility index (Phi) is 1.60. The molecule has 0 aliphatic carbocycles. The second-order valence-corrected chi connectivity index (χ2v) is 3.95. The van der Waals surface area contributed by atoms with Crippen LogP contribution in [0, 0.1) is 6.92 Å². The maximum atomic E-state index is 4.30. The standard InChI is InChI=1S/C13H12N2/c1-9-7-10-8-14-15(2)13(10)12-6-4-3-5-11(9)12/h3-8H,1-2H3. The summed E-state index contributed by atoms with van der Waals surface area (Å²) in [5.41, 5.74) is 2.53. The predicted octanol–water partition coefficient (Wildman–Crippen LogP) is 3.03. The lowest BCUT2D eigenvalue weighted by Crippen LogP contribution is -1.90. The van der Waals surface area contributed by atoms with Gasteiger partial charge in [-0.2, -0.15) is 5.10 Å². The minimum Gasteiger partial charge on any atom is -0.267 e. The van der Waals surface area contributed by atoms with Crippen molar-refractivity contribution in [3.63, 3.8) is 0 Å². The van der Waals surface area contributed by atoms with Crippen molar-refractivity contribution in [2.45, 2.75) is 6.92 Å². The number of rotatable bonds is 0. The van der Waals surface area contributed by atoms with Crippen molar-refractivity contribution in [2.75, 3.05) is 0 Å². The third kappa shape index (κ3) is 1.08. The zero-order valence-electron chi connectivity index (χ0n) is 8.86. The van der Waals surface area contributed by atoms with E-state index in [4.69, 9.17) is 0 Å². The van der Waals surface area contributed by atoms with E-state index in [1.54, 1.807) is 0 Å². The molecule has 74 valence electrons. The fourth-order valence-corrected chi connectivity index (χ4v) is 2.23. The first-order valence-corrected chi connectivity index (χ1v) is 5.07. The smallest absolute Gasteiger partial charge is 0.0757 e. The second kappa shape index (κ2) is 2.83. The third-order valence-corrected chi connectivity index (χ3v) is 2.95. The van der Waals surface area contributed by atoms with Crippen LogP contribution in [0.4, 0.5) is 0 Å². The first-order valence-electron chi connectivity index (χ1n) is 5.07. The predicted molar refractivity (Wildman–Crippen MR) is 63.0 cm³/mol. The highest BCUT2D eigenvalue weighted by molar-refractivity contribution is 6.06. The molecule has 0 bridgehead atoms. The summed E-state index contributed by atoms with van der Waals surface area (Å²) in [5.74, 6) is 0. The SMILES string of the molecule is Cc1cc2cnn(C)c2c2ccccc12. The zero-order valence-corrected chi connectivity index (χ0v) is 8.86. The topological polar surface area (TPSA) is 17.8 Å². The van der Waals surface area contributed by atoms with Gasteiger partial charge in [0.25, 0.3) is 0 Å². The van der Waals surface area contributed by atoms with Crippen molar-refractivity contribution in [3.05, 3.63) is 42.1 Å². The maximum Gasteiger partial charge on any atom is 0.0757 e. The summed E-state index contributed by atoms with van der Waals surface area (Å²) in [6.45, 7) is 2.15. The molecule has 0 unspecified atom stereocenters. The van der Waals surface area contributed by atoms with Crippen molar-refractivity contribution >= 4 is 21.7 Å². The normalized spacial score (nSPS) is 11.3. The molecular weight excluding hydrogens is 184 g/mol. The monoisotopic (exact) mass is 196 g/mol. The zero-order chi connectivity index (χ0) is 10.4. The van der Waals surface area contributed by atoms with Crippen LogP contribution >= 0.6 is 0 Å². The molecule has 0 radical (unpaired) electrons. The van der Waals surface area contributed by atoms with E-state index < -0.39 is 0 Å². The lowest BCUT2D eigenvalue weighted by Gasteiger charge is -2.04. The summed E-state index contributed by atoms with van der Waals surface area (Å²) in [6.07, 6.45) is 1.93. The van der Waals surface area contributed by atoms with Crippen LogP contribution in [0.2, 0.25) is 0 Å². The largest absolute Gasteiger partial charge is 0.267 e. The Morgan fingerprint density at radius 1 is 1.13 bits per heavy atom. The number of aromatic nitrogens is 2. The van der Waals surface area contributed by atoms with Gasteiger partial charge < -0.3 is 0 Å². The molecule has 0 aliphatic heterocycles. The van der Waals surface area contributed by atoms with Gasteiger partial charge in [-0.25, -0.2) is 0 Å². The average molecular weight is 196 g/mol. The van der Waals surface area contributed by atoms with Crippen LogP contribution in [0.3, 0.4) is 0 Å². The number of aryl methyl sites for hydroxylation is 2. The minimum atomic E-state index is 1.22. The molecule has 0 aliphatic rings. The number of hydrogen-bond donors (Lipinski definition) is 0. The highest BCUT2D eigenvalue weighted by Gasteiger charge is 2.06. The van der Waals surface area contributed by atoms with E-state index in [0.29, 0.717) is 0 Å². The summed E-state index contributed by atoms with van der Waals surface area (Å²) < 4.78 is 1.94. The average Bonchev–Trinajstić information content (AvgIpc) is 2.61. The lowest BCUT2D eigenvalue weighted by molar-refractivity contribution is 0.799. The molecule has 0 saturated heterocycles. The van der Waals surface area contributed by atoms with Crippen molar-refractivity contribution < 1.29 is 0 Å². The first kappa shape index (κ1) is 8.48. The van der Waals surface area contributed by atoms with E-state index in [2.05, 4.69) is 42.4 Å². The summed E-state index contributed by atoms with van der Waals surface area (Å²) in [7, 11) is 1.99. The van der Waals surface area contributed by atoms with Crippen LogP contribution in [0.5, 0.6) is 0 Å². The fourth-order valence-electron chi connectivity index (χ4n) is 2.23. The van der Waals surface area contributed by atoms with Crippen molar-refractivity contribution in [1.29, 1.82) is 0 Å². The Labute approximate surface area is 88.1 Å². The first-order chi connectivity index (χ1) is 7.27. The lowest BCUT2D eigenvalue weighted by atomic mass is 10.0. The molecule has 1 heterocycles. The minimum absolute atomic E-state index is 1.22. The molecule has 0 spiro atoms. The molecule has 1 aromatic heterocycles. The quantitative estimate of drug-likeness (QED) is 0.540. The van der Waals surface area contributed by atoms with Crippen LogP contribution in [0.15, 0.2) is 36.5 Å². The van der Waals surface area contributed by atoms with Gasteiger partial charge in [0.15, 0.2) is 0 Å². The van der Waals surface area contributed by atoms with Crippen LogP contribution in [-0.2, 0) is 7.05 Å². The number of hydrogen-bond acceptors (Lipinski definition) is 1. The van der Waals surface area contributed by atoms with Crippen LogP contribution in [0.25, 0.3) is 21.7 Å². The Hall–Kier alpha value is -1.83. The molecule has 2 nitrogen and oxygen atoms in total. The van der Waals surface area contributed by atoms with Gasteiger partial charge in [-0.15, -0.1) is 0 Å². The molecule has 3 rings (SSSR count). The van der Waals surface area contributed by atoms with E-state index in [0.717, 1.165) is 0 Å². The summed E-state index contributed by atoms with van der Waals surface area (Å²) in [4.78, 5) is 0. The van der Waals surface area contributed by atoms with Gasteiger partial charge in [0.2, 0.25) is 0 Å². The summed E-state index contributed by atoms with van der Waals surface area (Å²) >= 11 is 0.